The average molecular weight is 335 g/mol. The van der Waals surface area contributed by atoms with E-state index >= 15 is 0 Å². The lowest BCUT2D eigenvalue weighted by Gasteiger charge is -2.47. The number of hydrogen-bond donors (Lipinski definition) is 1. The Morgan fingerprint density at radius 3 is 2.44 bits per heavy atom. The summed E-state index contributed by atoms with van der Waals surface area (Å²) in [5, 5.41) is 3.50. The number of piperidine rings is 2. The van der Waals surface area contributed by atoms with E-state index in [1.54, 1.807) is 0 Å². The molecule has 0 amide bonds. The van der Waals surface area contributed by atoms with Gasteiger partial charge in [-0.05, 0) is 76.3 Å². The van der Waals surface area contributed by atoms with Gasteiger partial charge in [0.25, 0.3) is 0 Å². The normalized spacial score (nSPS) is 22.0. The van der Waals surface area contributed by atoms with E-state index in [0.29, 0.717) is 11.5 Å². The minimum Gasteiger partial charge on any atom is -0.317 e. The first-order chi connectivity index (χ1) is 12.3. The summed E-state index contributed by atoms with van der Waals surface area (Å²) >= 11 is 0. The third kappa shape index (κ3) is 3.49. The molecular weight excluding hydrogens is 306 g/mol. The number of hydrogen-bond acceptors (Lipinski definition) is 3. The standard InChI is InChI=1S/C22H29N3/c1-22(11-14-23-15-12-22)25-16-9-18(10-17-25)20-8-5-13-24-21(20)19-6-3-2-4-7-19/h2-8,13,18,23H,9-12,14-17H2,1H3. The Bertz CT molecular complexity index is 683. The zero-order valence-corrected chi connectivity index (χ0v) is 15.2. The first kappa shape index (κ1) is 16.7. The van der Waals surface area contributed by atoms with Crippen LogP contribution in [0.1, 0.15) is 44.1 Å². The van der Waals surface area contributed by atoms with Crippen molar-refractivity contribution in [1.29, 1.82) is 0 Å². The van der Waals surface area contributed by atoms with Gasteiger partial charge in [-0.2, -0.15) is 0 Å². The maximum absolute atomic E-state index is 4.72. The molecule has 2 aromatic rings. The zero-order valence-electron chi connectivity index (χ0n) is 15.2. The largest absolute Gasteiger partial charge is 0.317 e. The van der Waals surface area contributed by atoms with E-state index < -0.39 is 0 Å². The quantitative estimate of drug-likeness (QED) is 0.916. The van der Waals surface area contributed by atoms with E-state index in [1.807, 2.05) is 6.20 Å². The lowest BCUT2D eigenvalue weighted by Crippen LogP contribution is -2.54. The first-order valence-corrected chi connectivity index (χ1v) is 9.72. The molecule has 3 nitrogen and oxygen atoms in total. The Morgan fingerprint density at radius 1 is 1.00 bits per heavy atom. The Hall–Kier alpha value is -1.71. The second-order valence-electron chi connectivity index (χ2n) is 7.82. The molecule has 0 spiro atoms. The molecule has 2 fully saturated rings. The average Bonchev–Trinajstić information content (AvgIpc) is 2.69. The molecule has 0 radical (unpaired) electrons. The topological polar surface area (TPSA) is 28.2 Å². The molecule has 3 heteroatoms. The van der Waals surface area contributed by atoms with Gasteiger partial charge in [-0.15, -0.1) is 0 Å². The molecular formula is C22H29N3. The molecule has 3 heterocycles. The molecule has 1 aromatic carbocycles. The molecule has 0 saturated carbocycles. The van der Waals surface area contributed by atoms with Gasteiger partial charge >= 0.3 is 0 Å². The van der Waals surface area contributed by atoms with Crippen molar-refractivity contribution in [2.45, 2.75) is 44.1 Å². The maximum atomic E-state index is 4.72. The minimum atomic E-state index is 0.396. The third-order valence-corrected chi connectivity index (χ3v) is 6.27. The molecule has 2 aliphatic rings. The van der Waals surface area contributed by atoms with Gasteiger partial charge in [0, 0.05) is 17.3 Å². The van der Waals surface area contributed by atoms with Crippen LogP contribution in [-0.4, -0.2) is 41.6 Å². The van der Waals surface area contributed by atoms with Gasteiger partial charge < -0.3 is 5.32 Å². The van der Waals surface area contributed by atoms with E-state index in [9.17, 15) is 0 Å². The summed E-state index contributed by atoms with van der Waals surface area (Å²) in [5.41, 5.74) is 4.25. The SMILES string of the molecule is CC1(N2CCC(c3cccnc3-c3ccccc3)CC2)CCNCC1. The van der Waals surface area contributed by atoms with Gasteiger partial charge in [-0.3, -0.25) is 9.88 Å². The van der Waals surface area contributed by atoms with Crippen molar-refractivity contribution in [3.05, 3.63) is 54.2 Å². The van der Waals surface area contributed by atoms with Crippen LogP contribution in [0.2, 0.25) is 0 Å². The molecule has 0 unspecified atom stereocenters. The highest BCUT2D eigenvalue weighted by Crippen LogP contribution is 2.37. The van der Waals surface area contributed by atoms with Gasteiger partial charge in [0.1, 0.15) is 0 Å². The lowest BCUT2D eigenvalue weighted by atomic mass is 9.82. The summed E-state index contributed by atoms with van der Waals surface area (Å²) in [5.74, 6) is 0.630. The Labute approximate surface area is 151 Å². The molecule has 4 rings (SSSR count). The van der Waals surface area contributed by atoms with Crippen LogP contribution in [-0.2, 0) is 0 Å². The van der Waals surface area contributed by atoms with Crippen molar-refractivity contribution >= 4 is 0 Å². The summed E-state index contributed by atoms with van der Waals surface area (Å²) < 4.78 is 0. The molecule has 2 aliphatic heterocycles. The van der Waals surface area contributed by atoms with E-state index in [4.69, 9.17) is 4.98 Å². The fraction of sp³-hybridized carbons (Fsp3) is 0.500. The minimum absolute atomic E-state index is 0.396. The van der Waals surface area contributed by atoms with Crippen LogP contribution in [0.3, 0.4) is 0 Å². The van der Waals surface area contributed by atoms with Crippen LogP contribution < -0.4 is 5.32 Å². The summed E-state index contributed by atoms with van der Waals surface area (Å²) in [4.78, 5) is 7.48. The van der Waals surface area contributed by atoms with Crippen molar-refractivity contribution in [2.75, 3.05) is 26.2 Å². The molecule has 1 aromatic heterocycles. The first-order valence-electron chi connectivity index (χ1n) is 9.72. The summed E-state index contributed by atoms with van der Waals surface area (Å²) in [6.45, 7) is 7.22. The van der Waals surface area contributed by atoms with Crippen LogP contribution in [0.4, 0.5) is 0 Å². The fourth-order valence-corrected chi connectivity index (χ4v) is 4.60. The van der Waals surface area contributed by atoms with Gasteiger partial charge in [-0.1, -0.05) is 36.4 Å². The van der Waals surface area contributed by atoms with Gasteiger partial charge in [0.2, 0.25) is 0 Å². The molecule has 1 N–H and O–H groups in total. The van der Waals surface area contributed by atoms with E-state index in [-0.39, 0.29) is 0 Å². The number of aromatic nitrogens is 1. The number of nitrogens with zero attached hydrogens (tertiary/aromatic N) is 2. The van der Waals surface area contributed by atoms with Crippen molar-refractivity contribution in [1.82, 2.24) is 15.2 Å². The molecule has 0 aliphatic carbocycles. The van der Waals surface area contributed by atoms with E-state index in [0.717, 1.165) is 13.1 Å². The molecule has 0 atom stereocenters. The molecule has 2 saturated heterocycles. The number of pyridine rings is 1. The smallest absolute Gasteiger partial charge is 0.0736 e. The second kappa shape index (κ2) is 7.27. The highest BCUT2D eigenvalue weighted by Gasteiger charge is 2.36. The summed E-state index contributed by atoms with van der Waals surface area (Å²) in [6.07, 6.45) is 6.97. The van der Waals surface area contributed by atoms with Crippen LogP contribution in [0.5, 0.6) is 0 Å². The predicted molar refractivity (Wildman–Crippen MR) is 104 cm³/mol. The summed E-state index contributed by atoms with van der Waals surface area (Å²) in [6, 6.07) is 15.0. The van der Waals surface area contributed by atoms with Crippen LogP contribution in [0.25, 0.3) is 11.3 Å². The van der Waals surface area contributed by atoms with Crippen LogP contribution in [0, 0.1) is 0 Å². The summed E-state index contributed by atoms with van der Waals surface area (Å²) in [7, 11) is 0. The van der Waals surface area contributed by atoms with Crippen molar-refractivity contribution in [2.24, 2.45) is 0 Å². The van der Waals surface area contributed by atoms with Crippen LogP contribution in [0.15, 0.2) is 48.7 Å². The monoisotopic (exact) mass is 335 g/mol. The van der Waals surface area contributed by atoms with Gasteiger partial charge in [0.15, 0.2) is 0 Å². The Balaban J connectivity index is 1.50. The highest BCUT2D eigenvalue weighted by atomic mass is 15.2. The maximum Gasteiger partial charge on any atom is 0.0736 e. The number of rotatable bonds is 3. The third-order valence-electron chi connectivity index (χ3n) is 6.27. The zero-order chi connectivity index (χ0) is 17.1. The second-order valence-corrected chi connectivity index (χ2v) is 7.82. The number of benzene rings is 1. The molecule has 0 bridgehead atoms. The fourth-order valence-electron chi connectivity index (χ4n) is 4.60. The van der Waals surface area contributed by atoms with Gasteiger partial charge in [0.05, 0.1) is 5.69 Å². The highest BCUT2D eigenvalue weighted by molar-refractivity contribution is 5.63. The lowest BCUT2D eigenvalue weighted by molar-refractivity contribution is 0.0486. The Kier molecular flexibility index (Phi) is 4.87. The molecule has 132 valence electrons. The van der Waals surface area contributed by atoms with Crippen molar-refractivity contribution in [3.63, 3.8) is 0 Å². The van der Waals surface area contributed by atoms with Gasteiger partial charge in [-0.25, -0.2) is 0 Å². The van der Waals surface area contributed by atoms with E-state index in [1.165, 1.54) is 55.6 Å². The Morgan fingerprint density at radius 2 is 1.72 bits per heavy atom. The molecule has 25 heavy (non-hydrogen) atoms. The number of nitrogens with one attached hydrogen (secondary N) is 1. The van der Waals surface area contributed by atoms with E-state index in [2.05, 4.69) is 59.6 Å². The van der Waals surface area contributed by atoms with Crippen LogP contribution >= 0.6 is 0 Å². The number of likely N-dealkylation sites (tertiary alicyclic amines) is 1. The predicted octanol–water partition coefficient (Wildman–Crippen LogP) is 4.07. The van der Waals surface area contributed by atoms with Crippen molar-refractivity contribution in [3.8, 4) is 11.3 Å². The van der Waals surface area contributed by atoms with Crippen molar-refractivity contribution < 1.29 is 0 Å².